The van der Waals surface area contributed by atoms with Gasteiger partial charge in [0.1, 0.15) is 5.75 Å². The van der Waals surface area contributed by atoms with Crippen LogP contribution >= 0.6 is 27.7 Å². The van der Waals surface area contributed by atoms with E-state index in [1.807, 2.05) is 43.3 Å². The first kappa shape index (κ1) is 22.6. The number of thioether (sulfide) groups is 1. The number of nitrogens with zero attached hydrogens (tertiary/aromatic N) is 2. The Kier molecular flexibility index (Phi) is 7.29. The number of amides is 2. The quantitative estimate of drug-likeness (QED) is 0.611. The van der Waals surface area contributed by atoms with Gasteiger partial charge >= 0.3 is 0 Å². The summed E-state index contributed by atoms with van der Waals surface area (Å²) in [6, 6.07) is 13.2. The van der Waals surface area contributed by atoms with Crippen molar-refractivity contribution in [3.8, 4) is 5.75 Å². The largest absolute Gasteiger partial charge is 0.483 e. The zero-order valence-corrected chi connectivity index (χ0v) is 19.9. The lowest BCUT2D eigenvalue weighted by Crippen LogP contribution is -2.43. The zero-order valence-electron chi connectivity index (χ0n) is 17.5. The maximum absolute atomic E-state index is 12.4. The van der Waals surface area contributed by atoms with E-state index in [9.17, 15) is 9.59 Å². The third-order valence-electron chi connectivity index (χ3n) is 4.96. The highest BCUT2D eigenvalue weighted by molar-refractivity contribution is 9.10. The summed E-state index contributed by atoms with van der Waals surface area (Å²) in [5, 5.41) is 3.36. The van der Waals surface area contributed by atoms with Gasteiger partial charge in [0.25, 0.3) is 11.8 Å². The van der Waals surface area contributed by atoms with Gasteiger partial charge in [-0.15, -0.1) is 0 Å². The lowest BCUT2D eigenvalue weighted by Gasteiger charge is -2.26. The summed E-state index contributed by atoms with van der Waals surface area (Å²) < 4.78 is 11.7. The van der Waals surface area contributed by atoms with Crippen molar-refractivity contribution in [1.82, 2.24) is 10.2 Å². The van der Waals surface area contributed by atoms with Crippen molar-refractivity contribution < 1.29 is 19.1 Å². The van der Waals surface area contributed by atoms with E-state index in [1.165, 1.54) is 11.8 Å². The molecule has 2 aromatic carbocycles. The Morgan fingerprint density at radius 3 is 2.81 bits per heavy atom. The van der Waals surface area contributed by atoms with Gasteiger partial charge in [0.05, 0.1) is 28.3 Å². The molecule has 2 saturated heterocycles. The first-order valence-corrected chi connectivity index (χ1v) is 11.7. The molecule has 9 heteroatoms. The van der Waals surface area contributed by atoms with Crippen LogP contribution in [0.15, 0.2) is 56.8 Å². The van der Waals surface area contributed by atoms with Crippen LogP contribution in [0.1, 0.15) is 11.1 Å². The first-order chi connectivity index (χ1) is 15.5. The number of hydrogen-bond acceptors (Lipinski definition) is 6. The predicted octanol–water partition coefficient (Wildman–Crippen LogP) is 3.89. The van der Waals surface area contributed by atoms with Crippen molar-refractivity contribution in [3.63, 3.8) is 0 Å². The van der Waals surface area contributed by atoms with Crippen LogP contribution in [0.4, 0.5) is 5.69 Å². The molecule has 0 saturated carbocycles. The molecular formula is C23H22BrN3O4S. The summed E-state index contributed by atoms with van der Waals surface area (Å²) in [5.74, 6) is 0.319. The molecule has 7 nitrogen and oxygen atoms in total. The molecule has 0 aliphatic carbocycles. The summed E-state index contributed by atoms with van der Waals surface area (Å²) in [6.07, 6.45) is 1.80. The van der Waals surface area contributed by atoms with Gasteiger partial charge in [-0.25, -0.2) is 4.99 Å². The number of hydrogen-bond donors (Lipinski definition) is 1. The molecular weight excluding hydrogens is 494 g/mol. The number of benzene rings is 2. The molecule has 2 aliphatic heterocycles. The molecule has 2 fully saturated rings. The molecule has 0 unspecified atom stereocenters. The number of amidine groups is 1. The first-order valence-electron chi connectivity index (χ1n) is 10.1. The van der Waals surface area contributed by atoms with Crippen LogP contribution in [-0.2, 0) is 14.3 Å². The van der Waals surface area contributed by atoms with Gasteiger partial charge in [-0.3, -0.25) is 9.59 Å². The van der Waals surface area contributed by atoms with Crippen molar-refractivity contribution in [3.05, 3.63) is 63.0 Å². The normalized spacial score (nSPS) is 18.8. The van der Waals surface area contributed by atoms with Gasteiger partial charge < -0.3 is 19.7 Å². The van der Waals surface area contributed by atoms with E-state index in [0.717, 1.165) is 16.8 Å². The number of carbonyl (C=O) groups excluding carboxylic acids is 2. The predicted molar refractivity (Wildman–Crippen MR) is 129 cm³/mol. The van der Waals surface area contributed by atoms with Crippen molar-refractivity contribution in [2.75, 3.05) is 32.9 Å². The number of aryl methyl sites for hydroxylation is 1. The van der Waals surface area contributed by atoms with Gasteiger partial charge in [-0.05, 0) is 70.0 Å². The van der Waals surface area contributed by atoms with Crippen molar-refractivity contribution in [1.29, 1.82) is 0 Å². The lowest BCUT2D eigenvalue weighted by atomic mass is 10.2. The van der Waals surface area contributed by atoms with Crippen LogP contribution in [0.3, 0.4) is 0 Å². The minimum Gasteiger partial charge on any atom is -0.483 e. The topological polar surface area (TPSA) is 80.2 Å². The highest BCUT2D eigenvalue weighted by atomic mass is 79.9. The Balaban J connectivity index is 1.41. The number of ether oxygens (including phenoxy) is 2. The smallest absolute Gasteiger partial charge is 0.264 e. The third-order valence-corrected chi connectivity index (χ3v) is 6.49. The lowest BCUT2D eigenvalue weighted by molar-refractivity contribution is -0.137. The van der Waals surface area contributed by atoms with Gasteiger partial charge in [-0.1, -0.05) is 24.3 Å². The van der Waals surface area contributed by atoms with E-state index < -0.39 is 0 Å². The average molecular weight is 516 g/mol. The van der Waals surface area contributed by atoms with Crippen LogP contribution in [0, 0.1) is 6.92 Å². The van der Waals surface area contributed by atoms with E-state index >= 15 is 0 Å². The average Bonchev–Trinajstić information content (AvgIpc) is 3.13. The summed E-state index contributed by atoms with van der Waals surface area (Å²) >= 11 is 4.79. The van der Waals surface area contributed by atoms with E-state index in [1.54, 1.807) is 17.0 Å². The second-order valence-corrected chi connectivity index (χ2v) is 9.12. The second kappa shape index (κ2) is 10.3. The molecule has 32 heavy (non-hydrogen) atoms. The van der Waals surface area contributed by atoms with Crippen molar-refractivity contribution in [2.45, 2.75) is 6.92 Å². The fraction of sp³-hybridized carbons (Fsp3) is 0.261. The van der Waals surface area contributed by atoms with Crippen molar-refractivity contribution >= 4 is 56.4 Å². The molecule has 0 radical (unpaired) electrons. The van der Waals surface area contributed by atoms with E-state index in [0.29, 0.717) is 46.6 Å². The van der Waals surface area contributed by atoms with Crippen LogP contribution in [0.5, 0.6) is 5.75 Å². The molecule has 0 spiro atoms. The fourth-order valence-electron chi connectivity index (χ4n) is 3.20. The SMILES string of the molecule is Cc1ccccc1N=C1NC(=O)/C(=C/c2ccc(OCC(=O)N3CCOCC3)c(Br)c2)S1. The monoisotopic (exact) mass is 515 g/mol. The Bertz CT molecular complexity index is 1100. The van der Waals surface area contributed by atoms with E-state index in [-0.39, 0.29) is 18.4 Å². The molecule has 0 aromatic heterocycles. The number of para-hydroxylation sites is 1. The van der Waals surface area contributed by atoms with Gasteiger partial charge in [-0.2, -0.15) is 0 Å². The third kappa shape index (κ3) is 5.59. The minimum atomic E-state index is -0.185. The van der Waals surface area contributed by atoms with Crippen molar-refractivity contribution in [2.24, 2.45) is 4.99 Å². The molecule has 166 valence electrons. The van der Waals surface area contributed by atoms with Gasteiger partial charge in [0.2, 0.25) is 0 Å². The van der Waals surface area contributed by atoms with E-state index in [4.69, 9.17) is 9.47 Å². The number of morpholine rings is 1. The molecule has 0 atom stereocenters. The summed E-state index contributed by atoms with van der Waals surface area (Å²) in [4.78, 5) is 31.5. The summed E-state index contributed by atoms with van der Waals surface area (Å²) in [7, 11) is 0. The Hall–Kier alpha value is -2.62. The zero-order chi connectivity index (χ0) is 22.5. The fourth-order valence-corrected chi connectivity index (χ4v) is 4.54. The number of aliphatic imine (C=N–C) groups is 1. The Morgan fingerprint density at radius 2 is 2.06 bits per heavy atom. The summed E-state index contributed by atoms with van der Waals surface area (Å²) in [6.45, 7) is 4.24. The molecule has 4 rings (SSSR count). The van der Waals surface area contributed by atoms with Crippen LogP contribution in [0.25, 0.3) is 6.08 Å². The second-order valence-electron chi connectivity index (χ2n) is 7.24. The minimum absolute atomic E-state index is 0.0317. The van der Waals surface area contributed by atoms with Crippen LogP contribution in [-0.4, -0.2) is 54.8 Å². The highest BCUT2D eigenvalue weighted by Gasteiger charge is 2.24. The highest BCUT2D eigenvalue weighted by Crippen LogP contribution is 2.31. The van der Waals surface area contributed by atoms with Crippen LogP contribution < -0.4 is 10.1 Å². The molecule has 2 amide bonds. The molecule has 1 N–H and O–H groups in total. The Labute approximate surface area is 199 Å². The Morgan fingerprint density at radius 1 is 1.28 bits per heavy atom. The molecule has 2 heterocycles. The maximum atomic E-state index is 12.4. The van der Waals surface area contributed by atoms with Gasteiger partial charge in [0, 0.05) is 13.1 Å². The van der Waals surface area contributed by atoms with Gasteiger partial charge in [0.15, 0.2) is 11.8 Å². The van der Waals surface area contributed by atoms with Crippen LogP contribution in [0.2, 0.25) is 0 Å². The number of rotatable bonds is 5. The number of nitrogens with one attached hydrogen (secondary N) is 1. The molecule has 0 bridgehead atoms. The standard InChI is InChI=1S/C23H22BrN3O4S/c1-15-4-2-3-5-18(15)25-23-26-22(29)20(32-23)13-16-6-7-19(17(24)12-16)31-14-21(28)27-8-10-30-11-9-27/h2-7,12-13H,8-11,14H2,1H3,(H,25,26,29)/b20-13-. The molecule has 2 aromatic rings. The number of halogens is 1. The van der Waals surface area contributed by atoms with E-state index in [2.05, 4.69) is 26.2 Å². The molecule has 2 aliphatic rings. The maximum Gasteiger partial charge on any atom is 0.264 e. The summed E-state index contributed by atoms with van der Waals surface area (Å²) in [5.41, 5.74) is 2.70. The number of carbonyl (C=O) groups is 2.